The summed E-state index contributed by atoms with van der Waals surface area (Å²) in [5.74, 6) is 0.978. The van der Waals surface area contributed by atoms with Crippen molar-refractivity contribution in [3.63, 3.8) is 0 Å². The molecule has 100 valence electrons. The highest BCUT2D eigenvalue weighted by Gasteiger charge is 2.20. The minimum Gasteiger partial charge on any atom is -0.370 e. The zero-order chi connectivity index (χ0) is 12.6. The van der Waals surface area contributed by atoms with Crippen LogP contribution in [0.2, 0.25) is 0 Å². The summed E-state index contributed by atoms with van der Waals surface area (Å²) in [6, 6.07) is 10.8. The van der Waals surface area contributed by atoms with Gasteiger partial charge in [-0.2, -0.15) is 0 Å². The van der Waals surface area contributed by atoms with E-state index >= 15 is 0 Å². The van der Waals surface area contributed by atoms with Crippen LogP contribution >= 0.6 is 0 Å². The summed E-state index contributed by atoms with van der Waals surface area (Å²) in [7, 11) is 0. The highest BCUT2D eigenvalue weighted by Crippen LogP contribution is 2.27. The summed E-state index contributed by atoms with van der Waals surface area (Å²) in [5.41, 5.74) is 1.36. The van der Waals surface area contributed by atoms with Gasteiger partial charge in [-0.3, -0.25) is 0 Å². The van der Waals surface area contributed by atoms with E-state index in [4.69, 9.17) is 0 Å². The largest absolute Gasteiger partial charge is 0.370 e. The second-order valence-electron chi connectivity index (χ2n) is 5.32. The molecule has 0 aliphatic heterocycles. The third kappa shape index (κ3) is 4.69. The lowest BCUT2D eigenvalue weighted by molar-refractivity contribution is 0.614. The molecule has 0 radical (unpaired) electrons. The van der Waals surface area contributed by atoms with Gasteiger partial charge in [0.2, 0.25) is 0 Å². The lowest BCUT2D eigenvalue weighted by Crippen LogP contribution is -2.33. The number of hydrogen-bond acceptors (Lipinski definition) is 2. The summed E-state index contributed by atoms with van der Waals surface area (Å²) in [6.45, 7) is 6.88. The van der Waals surface area contributed by atoms with Crippen molar-refractivity contribution in [2.75, 3.05) is 31.1 Å². The molecule has 0 aromatic heterocycles. The van der Waals surface area contributed by atoms with Crippen LogP contribution in [0.1, 0.15) is 32.6 Å². The minimum absolute atomic E-state index is 0.978. The second kappa shape index (κ2) is 7.42. The third-order valence-corrected chi connectivity index (χ3v) is 3.59. The first-order valence-electron chi connectivity index (χ1n) is 7.41. The highest BCUT2D eigenvalue weighted by atomic mass is 15.1. The smallest absolute Gasteiger partial charge is 0.0366 e. The van der Waals surface area contributed by atoms with Crippen molar-refractivity contribution < 1.29 is 0 Å². The van der Waals surface area contributed by atoms with E-state index in [9.17, 15) is 0 Å². The van der Waals surface area contributed by atoms with E-state index in [-0.39, 0.29) is 0 Å². The van der Waals surface area contributed by atoms with Crippen molar-refractivity contribution >= 4 is 5.69 Å². The van der Waals surface area contributed by atoms with Crippen molar-refractivity contribution in [2.24, 2.45) is 5.92 Å². The molecule has 0 bridgehead atoms. The van der Waals surface area contributed by atoms with Crippen molar-refractivity contribution in [3.05, 3.63) is 30.3 Å². The van der Waals surface area contributed by atoms with Crippen LogP contribution in [0.25, 0.3) is 0 Å². The molecule has 0 amide bonds. The predicted octanol–water partition coefficient (Wildman–Crippen LogP) is 3.29. The number of para-hydroxylation sites is 1. The van der Waals surface area contributed by atoms with Crippen molar-refractivity contribution in [2.45, 2.75) is 32.6 Å². The number of anilines is 1. The molecular weight excluding hydrogens is 220 g/mol. The van der Waals surface area contributed by atoms with E-state index in [0.717, 1.165) is 19.0 Å². The number of unbranched alkanes of at least 4 members (excludes halogenated alkanes) is 1. The fourth-order valence-electron chi connectivity index (χ4n) is 2.20. The fourth-order valence-corrected chi connectivity index (χ4v) is 2.20. The van der Waals surface area contributed by atoms with Gasteiger partial charge >= 0.3 is 0 Å². The molecule has 1 aliphatic carbocycles. The molecule has 2 rings (SSSR count). The Labute approximate surface area is 111 Å². The van der Waals surface area contributed by atoms with Crippen LogP contribution in [0.4, 0.5) is 5.69 Å². The van der Waals surface area contributed by atoms with E-state index in [1.54, 1.807) is 0 Å². The summed E-state index contributed by atoms with van der Waals surface area (Å²) in [5, 5.41) is 3.58. The zero-order valence-corrected chi connectivity index (χ0v) is 11.6. The first kappa shape index (κ1) is 13.4. The van der Waals surface area contributed by atoms with Crippen LogP contribution in [0, 0.1) is 5.92 Å². The van der Waals surface area contributed by atoms with E-state index in [2.05, 4.69) is 47.5 Å². The standard InChI is InChI=1S/C16H26N2/c1-2-3-12-18(16-7-5-4-6-8-16)13-11-17-14-15-9-10-15/h4-8,15,17H,2-3,9-14H2,1H3. The molecule has 1 saturated carbocycles. The molecule has 0 spiro atoms. The van der Waals surface area contributed by atoms with Crippen LogP contribution in [0.5, 0.6) is 0 Å². The van der Waals surface area contributed by atoms with E-state index in [1.807, 2.05) is 0 Å². The minimum atomic E-state index is 0.978. The van der Waals surface area contributed by atoms with Crippen molar-refractivity contribution in [1.82, 2.24) is 5.32 Å². The Balaban J connectivity index is 1.76. The van der Waals surface area contributed by atoms with Crippen LogP contribution in [0.15, 0.2) is 30.3 Å². The molecule has 2 heteroatoms. The van der Waals surface area contributed by atoms with Crippen molar-refractivity contribution in [3.8, 4) is 0 Å². The zero-order valence-electron chi connectivity index (χ0n) is 11.6. The van der Waals surface area contributed by atoms with E-state index < -0.39 is 0 Å². The van der Waals surface area contributed by atoms with Crippen molar-refractivity contribution in [1.29, 1.82) is 0 Å². The van der Waals surface area contributed by atoms with Gasteiger partial charge in [-0.25, -0.2) is 0 Å². The number of nitrogens with one attached hydrogen (secondary N) is 1. The van der Waals surface area contributed by atoms with Crippen LogP contribution in [0.3, 0.4) is 0 Å². The summed E-state index contributed by atoms with van der Waals surface area (Å²) in [4.78, 5) is 2.50. The van der Waals surface area contributed by atoms with Crippen LogP contribution < -0.4 is 10.2 Å². The van der Waals surface area contributed by atoms with Gasteiger partial charge in [0.05, 0.1) is 0 Å². The molecule has 0 saturated heterocycles. The number of rotatable bonds is 9. The van der Waals surface area contributed by atoms with Gasteiger partial charge in [-0.1, -0.05) is 31.5 Å². The maximum absolute atomic E-state index is 3.58. The molecule has 18 heavy (non-hydrogen) atoms. The molecular formula is C16H26N2. The second-order valence-corrected chi connectivity index (χ2v) is 5.32. The van der Waals surface area contributed by atoms with E-state index in [0.29, 0.717) is 0 Å². The quantitative estimate of drug-likeness (QED) is 0.673. The molecule has 0 heterocycles. The van der Waals surface area contributed by atoms with Gasteiger partial charge in [-0.05, 0) is 43.9 Å². The first-order valence-corrected chi connectivity index (χ1v) is 7.41. The Kier molecular flexibility index (Phi) is 5.53. The lowest BCUT2D eigenvalue weighted by Gasteiger charge is -2.25. The fraction of sp³-hybridized carbons (Fsp3) is 0.625. The monoisotopic (exact) mass is 246 g/mol. The summed E-state index contributed by atoms with van der Waals surface area (Å²) >= 11 is 0. The highest BCUT2D eigenvalue weighted by molar-refractivity contribution is 5.45. The Morgan fingerprint density at radius 3 is 2.61 bits per heavy atom. The SMILES string of the molecule is CCCCN(CCNCC1CC1)c1ccccc1. The molecule has 0 atom stereocenters. The molecule has 0 unspecified atom stereocenters. The van der Waals surface area contributed by atoms with Crippen LogP contribution in [-0.4, -0.2) is 26.2 Å². The average Bonchev–Trinajstić information content (AvgIpc) is 3.23. The van der Waals surface area contributed by atoms with Gasteiger partial charge in [0.25, 0.3) is 0 Å². The Bertz CT molecular complexity index is 319. The third-order valence-electron chi connectivity index (χ3n) is 3.59. The molecule has 1 aliphatic rings. The molecule has 2 nitrogen and oxygen atoms in total. The molecule has 1 N–H and O–H groups in total. The van der Waals surface area contributed by atoms with E-state index in [1.165, 1.54) is 44.5 Å². The Morgan fingerprint density at radius 2 is 1.94 bits per heavy atom. The first-order chi connectivity index (χ1) is 8.90. The maximum Gasteiger partial charge on any atom is 0.0366 e. The van der Waals surface area contributed by atoms with Gasteiger partial charge in [0.15, 0.2) is 0 Å². The summed E-state index contributed by atoms with van der Waals surface area (Å²) in [6.07, 6.45) is 5.41. The molecule has 1 aromatic carbocycles. The van der Waals surface area contributed by atoms with Gasteiger partial charge in [0.1, 0.15) is 0 Å². The lowest BCUT2D eigenvalue weighted by atomic mass is 10.2. The normalized spacial score (nSPS) is 14.7. The maximum atomic E-state index is 3.58. The van der Waals surface area contributed by atoms with Gasteiger partial charge in [-0.15, -0.1) is 0 Å². The topological polar surface area (TPSA) is 15.3 Å². The average molecular weight is 246 g/mol. The number of hydrogen-bond donors (Lipinski definition) is 1. The van der Waals surface area contributed by atoms with Gasteiger partial charge in [0, 0.05) is 25.3 Å². The molecule has 1 aromatic rings. The number of nitrogens with zero attached hydrogens (tertiary/aromatic N) is 1. The number of benzene rings is 1. The Hall–Kier alpha value is -1.02. The van der Waals surface area contributed by atoms with Crippen LogP contribution in [-0.2, 0) is 0 Å². The molecule has 1 fully saturated rings. The Morgan fingerprint density at radius 1 is 1.17 bits per heavy atom. The summed E-state index contributed by atoms with van der Waals surface area (Å²) < 4.78 is 0. The van der Waals surface area contributed by atoms with Gasteiger partial charge < -0.3 is 10.2 Å². The predicted molar refractivity (Wildman–Crippen MR) is 79.2 cm³/mol.